The predicted molar refractivity (Wildman–Crippen MR) is 91.3 cm³/mol. The highest BCUT2D eigenvalue weighted by atomic mass is 79.9. The zero-order valence-electron chi connectivity index (χ0n) is 12.7. The molecule has 0 aliphatic rings. The van der Waals surface area contributed by atoms with Crippen molar-refractivity contribution in [3.63, 3.8) is 0 Å². The number of hydrogen-bond acceptors (Lipinski definition) is 4. The van der Waals surface area contributed by atoms with Gasteiger partial charge in [-0.2, -0.15) is 0 Å². The van der Waals surface area contributed by atoms with Crippen LogP contribution in [0.1, 0.15) is 25.3 Å². The molecule has 0 bridgehead atoms. The van der Waals surface area contributed by atoms with Gasteiger partial charge in [-0.3, -0.25) is 4.79 Å². The fourth-order valence-electron chi connectivity index (χ4n) is 1.75. The Balaban J connectivity index is 2.52. The Morgan fingerprint density at radius 3 is 2.62 bits per heavy atom. The summed E-state index contributed by atoms with van der Waals surface area (Å²) >= 11 is 5.00. The smallest absolute Gasteiger partial charge is 0.230 e. The third-order valence-electron chi connectivity index (χ3n) is 2.90. The molecule has 0 unspecified atom stereocenters. The Bertz CT molecular complexity index is 468. The van der Waals surface area contributed by atoms with Crippen molar-refractivity contribution in [1.82, 2.24) is 5.32 Å². The van der Waals surface area contributed by atoms with Crippen LogP contribution < -0.4 is 14.8 Å². The van der Waals surface area contributed by atoms with Gasteiger partial charge in [0, 0.05) is 17.9 Å². The van der Waals surface area contributed by atoms with E-state index in [1.807, 2.05) is 12.1 Å². The lowest BCUT2D eigenvalue weighted by molar-refractivity contribution is -0.118. The third kappa shape index (κ3) is 6.18. The summed E-state index contributed by atoms with van der Waals surface area (Å²) in [5, 5.41) is 2.91. The van der Waals surface area contributed by atoms with Gasteiger partial charge in [-0.25, -0.2) is 0 Å². The van der Waals surface area contributed by atoms with Gasteiger partial charge in [0.2, 0.25) is 5.91 Å². The Hall–Kier alpha value is -0.880. The second-order valence-electron chi connectivity index (χ2n) is 4.49. The standard InChI is InChI=1S/C15H22BrNO3S/c1-4-5-6-17-15(18)10-21-9-11-7-14(20-3)12(16)8-13(11)19-2/h7-8H,4-6,9-10H2,1-3H3,(H,17,18). The number of amides is 1. The fourth-order valence-corrected chi connectivity index (χ4v) is 3.07. The molecule has 0 aliphatic carbocycles. The number of thioether (sulfide) groups is 1. The van der Waals surface area contributed by atoms with Gasteiger partial charge in [0.25, 0.3) is 0 Å². The summed E-state index contributed by atoms with van der Waals surface area (Å²) in [7, 11) is 3.27. The van der Waals surface area contributed by atoms with Crippen LogP contribution in [-0.2, 0) is 10.5 Å². The molecule has 4 nitrogen and oxygen atoms in total. The molecule has 0 spiro atoms. The molecule has 21 heavy (non-hydrogen) atoms. The Morgan fingerprint density at radius 1 is 1.29 bits per heavy atom. The molecule has 0 aliphatic heterocycles. The van der Waals surface area contributed by atoms with E-state index in [-0.39, 0.29) is 5.91 Å². The van der Waals surface area contributed by atoms with Gasteiger partial charge in [0.05, 0.1) is 24.4 Å². The summed E-state index contributed by atoms with van der Waals surface area (Å²) in [6.45, 7) is 2.86. The highest BCUT2D eigenvalue weighted by Crippen LogP contribution is 2.34. The van der Waals surface area contributed by atoms with E-state index in [1.165, 1.54) is 0 Å². The molecule has 0 aromatic heterocycles. The number of benzene rings is 1. The molecule has 1 aromatic carbocycles. The molecule has 1 aromatic rings. The first-order valence-corrected chi connectivity index (χ1v) is 8.82. The number of carbonyl (C=O) groups is 1. The molecule has 118 valence electrons. The Kier molecular flexibility index (Phi) is 8.61. The average Bonchev–Trinajstić information content (AvgIpc) is 2.48. The summed E-state index contributed by atoms with van der Waals surface area (Å²) < 4.78 is 11.5. The largest absolute Gasteiger partial charge is 0.496 e. The van der Waals surface area contributed by atoms with E-state index in [0.29, 0.717) is 11.5 Å². The SMILES string of the molecule is CCCCNC(=O)CSCc1cc(OC)c(Br)cc1OC. The van der Waals surface area contributed by atoms with E-state index < -0.39 is 0 Å². The molecular formula is C15H22BrNO3S. The van der Waals surface area contributed by atoms with Gasteiger partial charge >= 0.3 is 0 Å². The lowest BCUT2D eigenvalue weighted by Crippen LogP contribution is -2.26. The normalized spacial score (nSPS) is 10.3. The summed E-state index contributed by atoms with van der Waals surface area (Å²) in [6, 6.07) is 3.82. The predicted octanol–water partition coefficient (Wildman–Crippen LogP) is 3.62. The number of rotatable bonds is 9. The zero-order valence-corrected chi connectivity index (χ0v) is 15.1. The zero-order chi connectivity index (χ0) is 15.7. The van der Waals surface area contributed by atoms with Crippen LogP contribution >= 0.6 is 27.7 Å². The monoisotopic (exact) mass is 375 g/mol. The minimum Gasteiger partial charge on any atom is -0.496 e. The van der Waals surface area contributed by atoms with Crippen molar-refractivity contribution in [2.45, 2.75) is 25.5 Å². The summed E-state index contributed by atoms with van der Waals surface area (Å²) in [4.78, 5) is 11.6. The van der Waals surface area contributed by atoms with Crippen LogP contribution in [0.2, 0.25) is 0 Å². The minimum atomic E-state index is 0.0801. The number of unbranched alkanes of at least 4 members (excludes halogenated alkanes) is 1. The first-order valence-electron chi connectivity index (χ1n) is 6.87. The Labute approximate surface area is 139 Å². The third-order valence-corrected chi connectivity index (χ3v) is 4.50. The van der Waals surface area contributed by atoms with Crippen LogP contribution in [0.5, 0.6) is 11.5 Å². The van der Waals surface area contributed by atoms with Gasteiger partial charge in [0.15, 0.2) is 0 Å². The second-order valence-corrected chi connectivity index (χ2v) is 6.33. The molecule has 1 rings (SSSR count). The Morgan fingerprint density at radius 2 is 2.00 bits per heavy atom. The van der Waals surface area contributed by atoms with Crippen LogP contribution in [0.4, 0.5) is 0 Å². The van der Waals surface area contributed by atoms with Gasteiger partial charge in [-0.05, 0) is 34.5 Å². The number of nitrogens with one attached hydrogen (secondary N) is 1. The van der Waals surface area contributed by atoms with Gasteiger partial charge in [-0.15, -0.1) is 11.8 Å². The first kappa shape index (κ1) is 18.2. The first-order chi connectivity index (χ1) is 10.1. The highest BCUT2D eigenvalue weighted by Gasteiger charge is 2.10. The van der Waals surface area contributed by atoms with Crippen molar-refractivity contribution < 1.29 is 14.3 Å². The van der Waals surface area contributed by atoms with E-state index in [0.717, 1.165) is 40.9 Å². The van der Waals surface area contributed by atoms with Gasteiger partial charge in [-0.1, -0.05) is 13.3 Å². The van der Waals surface area contributed by atoms with Crippen LogP contribution in [0, 0.1) is 0 Å². The number of ether oxygens (including phenoxy) is 2. The molecule has 0 saturated carbocycles. The summed E-state index contributed by atoms with van der Waals surface area (Å²) in [6.07, 6.45) is 2.11. The summed E-state index contributed by atoms with van der Waals surface area (Å²) in [5.74, 6) is 2.79. The van der Waals surface area contributed by atoms with Crippen LogP contribution in [-0.4, -0.2) is 32.4 Å². The maximum absolute atomic E-state index is 11.6. The van der Waals surface area contributed by atoms with E-state index in [2.05, 4.69) is 28.2 Å². The minimum absolute atomic E-state index is 0.0801. The molecule has 0 heterocycles. The average molecular weight is 376 g/mol. The number of carbonyl (C=O) groups excluding carboxylic acids is 1. The van der Waals surface area contributed by atoms with E-state index >= 15 is 0 Å². The van der Waals surface area contributed by atoms with Crippen molar-refractivity contribution >= 4 is 33.6 Å². The van der Waals surface area contributed by atoms with Crippen LogP contribution in [0.3, 0.4) is 0 Å². The van der Waals surface area contributed by atoms with Gasteiger partial charge in [0.1, 0.15) is 11.5 Å². The molecule has 1 amide bonds. The van der Waals surface area contributed by atoms with E-state index in [1.54, 1.807) is 26.0 Å². The molecule has 0 fully saturated rings. The molecule has 0 atom stereocenters. The van der Waals surface area contributed by atoms with Crippen molar-refractivity contribution in [3.05, 3.63) is 22.2 Å². The van der Waals surface area contributed by atoms with Crippen molar-refractivity contribution in [1.29, 1.82) is 0 Å². The van der Waals surface area contributed by atoms with Gasteiger partial charge < -0.3 is 14.8 Å². The topological polar surface area (TPSA) is 47.6 Å². The number of methoxy groups -OCH3 is 2. The molecule has 0 radical (unpaired) electrons. The molecule has 6 heteroatoms. The van der Waals surface area contributed by atoms with Crippen LogP contribution in [0.25, 0.3) is 0 Å². The van der Waals surface area contributed by atoms with Crippen molar-refractivity contribution in [2.75, 3.05) is 26.5 Å². The quantitative estimate of drug-likeness (QED) is 0.669. The van der Waals surface area contributed by atoms with Crippen molar-refractivity contribution in [3.8, 4) is 11.5 Å². The molecular weight excluding hydrogens is 354 g/mol. The lowest BCUT2D eigenvalue weighted by atomic mass is 10.2. The highest BCUT2D eigenvalue weighted by molar-refractivity contribution is 9.10. The van der Waals surface area contributed by atoms with Crippen LogP contribution in [0.15, 0.2) is 16.6 Å². The molecule has 1 N–H and O–H groups in total. The molecule has 0 saturated heterocycles. The van der Waals surface area contributed by atoms with Crippen molar-refractivity contribution in [2.24, 2.45) is 0 Å². The number of halogens is 1. The fraction of sp³-hybridized carbons (Fsp3) is 0.533. The second kappa shape index (κ2) is 9.95. The lowest BCUT2D eigenvalue weighted by Gasteiger charge is -2.12. The van der Waals surface area contributed by atoms with E-state index in [4.69, 9.17) is 9.47 Å². The number of hydrogen-bond donors (Lipinski definition) is 1. The van der Waals surface area contributed by atoms with E-state index in [9.17, 15) is 4.79 Å². The summed E-state index contributed by atoms with van der Waals surface area (Å²) in [5.41, 5.74) is 1.02. The maximum atomic E-state index is 11.6. The maximum Gasteiger partial charge on any atom is 0.230 e.